The highest BCUT2D eigenvalue weighted by molar-refractivity contribution is 5.98. The Kier molecular flexibility index (Phi) is 3.65. The standard InChI is InChI=1S/C14H17NO3/c1-10(16)13-4-3-9-15(13)14(17)11-5-7-12(18-2)8-6-11/h5-8,13H,3-4,9H2,1-2H3. The highest BCUT2D eigenvalue weighted by Gasteiger charge is 2.32. The fraction of sp³-hybridized carbons (Fsp3) is 0.429. The number of carbonyl (C=O) groups excluding carboxylic acids is 2. The molecule has 4 nitrogen and oxygen atoms in total. The molecule has 0 aliphatic carbocycles. The number of ether oxygens (including phenoxy) is 1. The maximum atomic E-state index is 12.3. The predicted octanol–water partition coefficient (Wildman–Crippen LogP) is 1.89. The quantitative estimate of drug-likeness (QED) is 0.819. The smallest absolute Gasteiger partial charge is 0.254 e. The van der Waals surface area contributed by atoms with Crippen molar-refractivity contribution < 1.29 is 14.3 Å². The highest BCUT2D eigenvalue weighted by atomic mass is 16.5. The lowest BCUT2D eigenvalue weighted by Crippen LogP contribution is -2.39. The van der Waals surface area contributed by atoms with Gasteiger partial charge < -0.3 is 9.64 Å². The molecule has 1 saturated heterocycles. The molecule has 0 aromatic heterocycles. The molecule has 0 spiro atoms. The van der Waals surface area contributed by atoms with Gasteiger partial charge >= 0.3 is 0 Å². The summed E-state index contributed by atoms with van der Waals surface area (Å²) in [7, 11) is 1.59. The zero-order chi connectivity index (χ0) is 13.1. The average Bonchev–Trinajstić information content (AvgIpc) is 2.87. The predicted molar refractivity (Wildman–Crippen MR) is 67.7 cm³/mol. The Labute approximate surface area is 107 Å². The molecule has 1 amide bonds. The number of rotatable bonds is 3. The minimum Gasteiger partial charge on any atom is -0.497 e. The molecule has 1 aromatic carbocycles. The van der Waals surface area contributed by atoms with Crippen molar-refractivity contribution in [1.82, 2.24) is 4.90 Å². The van der Waals surface area contributed by atoms with Gasteiger partial charge in [0.1, 0.15) is 5.75 Å². The van der Waals surface area contributed by atoms with Crippen LogP contribution in [0.15, 0.2) is 24.3 Å². The Balaban J connectivity index is 2.17. The van der Waals surface area contributed by atoms with Crippen LogP contribution < -0.4 is 4.74 Å². The van der Waals surface area contributed by atoms with Gasteiger partial charge in [0, 0.05) is 12.1 Å². The van der Waals surface area contributed by atoms with Crippen molar-refractivity contribution in [2.24, 2.45) is 0 Å². The lowest BCUT2D eigenvalue weighted by molar-refractivity contribution is -0.120. The van der Waals surface area contributed by atoms with Gasteiger partial charge in [0.15, 0.2) is 5.78 Å². The van der Waals surface area contributed by atoms with E-state index >= 15 is 0 Å². The summed E-state index contributed by atoms with van der Waals surface area (Å²) in [5.74, 6) is 0.709. The van der Waals surface area contributed by atoms with E-state index in [1.807, 2.05) is 0 Å². The van der Waals surface area contributed by atoms with E-state index in [4.69, 9.17) is 4.74 Å². The SMILES string of the molecule is COc1ccc(C(=O)N2CCCC2C(C)=O)cc1. The van der Waals surface area contributed by atoms with Crippen molar-refractivity contribution in [3.63, 3.8) is 0 Å². The monoisotopic (exact) mass is 247 g/mol. The maximum Gasteiger partial charge on any atom is 0.254 e. The summed E-state index contributed by atoms with van der Waals surface area (Å²) >= 11 is 0. The molecule has 1 fully saturated rings. The largest absolute Gasteiger partial charge is 0.497 e. The molecule has 1 aliphatic rings. The number of carbonyl (C=O) groups is 2. The van der Waals surface area contributed by atoms with Crippen molar-refractivity contribution in [2.75, 3.05) is 13.7 Å². The summed E-state index contributed by atoms with van der Waals surface area (Å²) in [6, 6.07) is 6.73. The molecule has 1 aliphatic heterocycles. The first kappa shape index (κ1) is 12.6. The van der Waals surface area contributed by atoms with E-state index in [-0.39, 0.29) is 17.7 Å². The van der Waals surface area contributed by atoms with Gasteiger partial charge in [0.05, 0.1) is 13.2 Å². The second kappa shape index (κ2) is 5.21. The molecule has 0 N–H and O–H groups in total. The summed E-state index contributed by atoms with van der Waals surface area (Å²) < 4.78 is 5.05. The van der Waals surface area contributed by atoms with E-state index in [1.165, 1.54) is 0 Å². The third-order valence-electron chi connectivity index (χ3n) is 3.32. The zero-order valence-corrected chi connectivity index (χ0v) is 10.7. The fourth-order valence-electron chi connectivity index (χ4n) is 2.33. The summed E-state index contributed by atoms with van der Waals surface area (Å²) in [6.45, 7) is 2.21. The Morgan fingerprint density at radius 2 is 1.94 bits per heavy atom. The Hall–Kier alpha value is -1.84. The molecule has 1 atom stereocenters. The first-order chi connectivity index (χ1) is 8.63. The van der Waals surface area contributed by atoms with Crippen molar-refractivity contribution in [1.29, 1.82) is 0 Å². The third kappa shape index (κ3) is 2.37. The van der Waals surface area contributed by atoms with Crippen molar-refractivity contribution in [2.45, 2.75) is 25.8 Å². The van der Waals surface area contributed by atoms with E-state index in [0.717, 1.165) is 18.6 Å². The van der Waals surface area contributed by atoms with Gasteiger partial charge in [-0.3, -0.25) is 9.59 Å². The minimum atomic E-state index is -0.250. The number of methoxy groups -OCH3 is 1. The van der Waals surface area contributed by atoms with Crippen LogP contribution in [-0.4, -0.2) is 36.3 Å². The molecule has 0 saturated carbocycles. The van der Waals surface area contributed by atoms with Gasteiger partial charge in [-0.1, -0.05) is 0 Å². The lowest BCUT2D eigenvalue weighted by atomic mass is 10.1. The van der Waals surface area contributed by atoms with Gasteiger partial charge in [-0.2, -0.15) is 0 Å². The van der Waals surface area contributed by atoms with Gasteiger partial charge in [-0.05, 0) is 44.0 Å². The molecule has 1 aromatic rings. The van der Waals surface area contributed by atoms with Crippen LogP contribution in [0.2, 0.25) is 0 Å². The number of likely N-dealkylation sites (tertiary alicyclic amines) is 1. The summed E-state index contributed by atoms with van der Waals surface area (Å²) in [6.07, 6.45) is 1.67. The number of ketones is 1. The summed E-state index contributed by atoms with van der Waals surface area (Å²) in [4.78, 5) is 25.4. The maximum absolute atomic E-state index is 12.3. The van der Waals surface area contributed by atoms with Crippen molar-refractivity contribution in [3.8, 4) is 5.75 Å². The fourth-order valence-corrected chi connectivity index (χ4v) is 2.33. The molecule has 96 valence electrons. The minimum absolute atomic E-state index is 0.0642. The van der Waals surface area contributed by atoms with Gasteiger partial charge in [-0.25, -0.2) is 0 Å². The topological polar surface area (TPSA) is 46.6 Å². The first-order valence-electron chi connectivity index (χ1n) is 6.09. The van der Waals surface area contributed by atoms with Crippen molar-refractivity contribution >= 4 is 11.7 Å². The van der Waals surface area contributed by atoms with Crippen LogP contribution >= 0.6 is 0 Å². The number of amides is 1. The highest BCUT2D eigenvalue weighted by Crippen LogP contribution is 2.21. The van der Waals surface area contributed by atoms with E-state index in [1.54, 1.807) is 43.2 Å². The van der Waals surface area contributed by atoms with E-state index in [2.05, 4.69) is 0 Å². The van der Waals surface area contributed by atoms with Gasteiger partial charge in [0.25, 0.3) is 5.91 Å². The number of benzene rings is 1. The molecule has 18 heavy (non-hydrogen) atoms. The summed E-state index contributed by atoms with van der Waals surface area (Å²) in [5.41, 5.74) is 0.601. The Morgan fingerprint density at radius 1 is 1.28 bits per heavy atom. The Morgan fingerprint density at radius 3 is 2.50 bits per heavy atom. The van der Waals surface area contributed by atoms with Gasteiger partial charge in [-0.15, -0.1) is 0 Å². The van der Waals surface area contributed by atoms with E-state index < -0.39 is 0 Å². The van der Waals surface area contributed by atoms with Crippen molar-refractivity contribution in [3.05, 3.63) is 29.8 Å². The molecule has 1 heterocycles. The van der Waals surface area contributed by atoms with Crippen LogP contribution in [0.3, 0.4) is 0 Å². The third-order valence-corrected chi connectivity index (χ3v) is 3.32. The molecule has 2 rings (SSSR count). The van der Waals surface area contributed by atoms with Crippen LogP contribution in [0.4, 0.5) is 0 Å². The number of Topliss-reactive ketones (excluding diaryl/α,β-unsaturated/α-hetero) is 1. The molecular formula is C14H17NO3. The zero-order valence-electron chi connectivity index (χ0n) is 10.7. The number of nitrogens with zero attached hydrogens (tertiary/aromatic N) is 1. The van der Waals surface area contributed by atoms with Gasteiger partial charge in [0.2, 0.25) is 0 Å². The van der Waals surface area contributed by atoms with Crippen LogP contribution in [0.1, 0.15) is 30.1 Å². The molecule has 1 unspecified atom stereocenters. The molecule has 4 heteroatoms. The first-order valence-corrected chi connectivity index (χ1v) is 6.09. The molecule has 0 radical (unpaired) electrons. The second-order valence-corrected chi connectivity index (χ2v) is 4.50. The second-order valence-electron chi connectivity index (χ2n) is 4.50. The van der Waals surface area contributed by atoms with Crippen LogP contribution in [0, 0.1) is 0 Å². The normalized spacial score (nSPS) is 18.8. The van der Waals surface area contributed by atoms with Crippen LogP contribution in [0.5, 0.6) is 5.75 Å². The van der Waals surface area contributed by atoms with E-state index in [0.29, 0.717) is 12.1 Å². The molecule has 0 bridgehead atoms. The molecular weight excluding hydrogens is 230 g/mol. The van der Waals surface area contributed by atoms with Crippen LogP contribution in [0.25, 0.3) is 0 Å². The number of hydrogen-bond acceptors (Lipinski definition) is 3. The lowest BCUT2D eigenvalue weighted by Gasteiger charge is -2.22. The summed E-state index contributed by atoms with van der Waals surface area (Å²) in [5, 5.41) is 0. The average molecular weight is 247 g/mol. The van der Waals surface area contributed by atoms with E-state index in [9.17, 15) is 9.59 Å². The van der Waals surface area contributed by atoms with Crippen LogP contribution in [-0.2, 0) is 4.79 Å². The Bertz CT molecular complexity index is 453. The number of hydrogen-bond donors (Lipinski definition) is 0.